The Morgan fingerprint density at radius 1 is 1.00 bits per heavy atom. The van der Waals surface area contributed by atoms with Crippen LogP contribution in [0, 0.1) is 5.92 Å². The number of nitrogens with zero attached hydrogens (tertiary/aromatic N) is 3. The molecule has 1 aromatic heterocycles. The van der Waals surface area contributed by atoms with E-state index in [1.807, 2.05) is 35.2 Å². The molecule has 1 aromatic carbocycles. The van der Waals surface area contributed by atoms with Gasteiger partial charge >= 0.3 is 0 Å². The molecule has 0 N–H and O–H groups in total. The zero-order chi connectivity index (χ0) is 16.5. The SMILES string of the molecule is O=C(C1CCCC1)N1CC(n2nc(-c3ccccc3)ccc2=O)C1. The zero-order valence-electron chi connectivity index (χ0n) is 13.6. The Balaban J connectivity index is 1.49. The van der Waals surface area contributed by atoms with E-state index in [0.717, 1.165) is 36.9 Å². The molecule has 1 aliphatic carbocycles. The van der Waals surface area contributed by atoms with Crippen LogP contribution in [0.5, 0.6) is 0 Å². The van der Waals surface area contributed by atoms with Gasteiger partial charge in [-0.2, -0.15) is 5.10 Å². The van der Waals surface area contributed by atoms with Crippen molar-refractivity contribution in [1.82, 2.24) is 14.7 Å². The fourth-order valence-corrected chi connectivity index (χ4v) is 3.67. The van der Waals surface area contributed by atoms with E-state index in [1.165, 1.54) is 0 Å². The van der Waals surface area contributed by atoms with E-state index in [-0.39, 0.29) is 23.4 Å². The van der Waals surface area contributed by atoms with Crippen molar-refractivity contribution < 1.29 is 4.79 Å². The fourth-order valence-electron chi connectivity index (χ4n) is 3.67. The molecule has 2 aliphatic rings. The summed E-state index contributed by atoms with van der Waals surface area (Å²) in [4.78, 5) is 26.4. The topological polar surface area (TPSA) is 55.2 Å². The number of amides is 1. The van der Waals surface area contributed by atoms with Crippen LogP contribution in [0.15, 0.2) is 47.3 Å². The summed E-state index contributed by atoms with van der Waals surface area (Å²) in [5.74, 6) is 0.460. The summed E-state index contributed by atoms with van der Waals surface area (Å²) in [5, 5.41) is 4.52. The number of rotatable bonds is 3. The van der Waals surface area contributed by atoms with Crippen LogP contribution in [-0.2, 0) is 4.79 Å². The molecule has 1 saturated heterocycles. The Kier molecular flexibility index (Phi) is 3.92. The number of hydrogen-bond donors (Lipinski definition) is 0. The third-order valence-corrected chi connectivity index (χ3v) is 5.12. The molecule has 124 valence electrons. The average Bonchev–Trinajstić information content (AvgIpc) is 3.10. The van der Waals surface area contributed by atoms with E-state index in [0.29, 0.717) is 13.1 Å². The fraction of sp³-hybridized carbons (Fsp3) is 0.421. The second-order valence-corrected chi connectivity index (χ2v) is 6.75. The van der Waals surface area contributed by atoms with Gasteiger partial charge in [0, 0.05) is 30.6 Å². The van der Waals surface area contributed by atoms with Gasteiger partial charge in [0.15, 0.2) is 0 Å². The standard InChI is InChI=1S/C19H21N3O2/c23-18-11-10-17(14-6-2-1-3-7-14)20-22(18)16-12-21(13-16)19(24)15-8-4-5-9-15/h1-3,6-7,10-11,15-16H,4-5,8-9,12-13H2. The van der Waals surface area contributed by atoms with Gasteiger partial charge in [-0.3, -0.25) is 9.59 Å². The van der Waals surface area contributed by atoms with E-state index in [4.69, 9.17) is 0 Å². The second kappa shape index (κ2) is 6.23. The lowest BCUT2D eigenvalue weighted by atomic mass is 10.0. The van der Waals surface area contributed by atoms with E-state index in [1.54, 1.807) is 16.8 Å². The highest BCUT2D eigenvalue weighted by atomic mass is 16.2. The highest BCUT2D eigenvalue weighted by molar-refractivity contribution is 5.80. The van der Waals surface area contributed by atoms with Crippen molar-refractivity contribution in [2.75, 3.05) is 13.1 Å². The van der Waals surface area contributed by atoms with Gasteiger partial charge in [-0.15, -0.1) is 0 Å². The lowest BCUT2D eigenvalue weighted by molar-refractivity contribution is -0.141. The van der Waals surface area contributed by atoms with Gasteiger partial charge in [0.2, 0.25) is 5.91 Å². The first-order valence-corrected chi connectivity index (χ1v) is 8.66. The molecule has 0 unspecified atom stereocenters. The van der Waals surface area contributed by atoms with Crippen LogP contribution in [-0.4, -0.2) is 33.7 Å². The highest BCUT2D eigenvalue weighted by Crippen LogP contribution is 2.30. The van der Waals surface area contributed by atoms with Crippen molar-refractivity contribution in [3.63, 3.8) is 0 Å². The maximum atomic E-state index is 12.4. The van der Waals surface area contributed by atoms with Crippen molar-refractivity contribution in [3.05, 3.63) is 52.8 Å². The van der Waals surface area contributed by atoms with E-state index in [2.05, 4.69) is 5.10 Å². The molecule has 5 heteroatoms. The predicted octanol–water partition coefficient (Wildman–Crippen LogP) is 2.48. The van der Waals surface area contributed by atoms with Gasteiger partial charge in [-0.25, -0.2) is 4.68 Å². The van der Waals surface area contributed by atoms with Gasteiger partial charge < -0.3 is 4.90 Å². The van der Waals surface area contributed by atoms with Crippen molar-refractivity contribution in [1.29, 1.82) is 0 Å². The average molecular weight is 323 g/mol. The molecular formula is C19H21N3O2. The molecule has 0 bridgehead atoms. The normalized spacial score (nSPS) is 18.6. The van der Waals surface area contributed by atoms with Crippen molar-refractivity contribution in [2.24, 2.45) is 5.92 Å². The lowest BCUT2D eigenvalue weighted by Gasteiger charge is -2.40. The molecule has 2 heterocycles. The maximum Gasteiger partial charge on any atom is 0.267 e. The molecule has 5 nitrogen and oxygen atoms in total. The summed E-state index contributed by atoms with van der Waals surface area (Å²) < 4.78 is 1.54. The highest BCUT2D eigenvalue weighted by Gasteiger charge is 2.37. The molecular weight excluding hydrogens is 302 g/mol. The zero-order valence-corrected chi connectivity index (χ0v) is 13.6. The Hall–Kier alpha value is -2.43. The van der Waals surface area contributed by atoms with Crippen LogP contribution >= 0.6 is 0 Å². The largest absolute Gasteiger partial charge is 0.338 e. The molecule has 1 amide bonds. The Labute approximate surface area is 140 Å². The third kappa shape index (κ3) is 2.75. The van der Waals surface area contributed by atoms with Crippen molar-refractivity contribution in [3.8, 4) is 11.3 Å². The van der Waals surface area contributed by atoms with Crippen LogP contribution in [0.2, 0.25) is 0 Å². The van der Waals surface area contributed by atoms with Crippen LogP contribution in [0.25, 0.3) is 11.3 Å². The van der Waals surface area contributed by atoms with Gasteiger partial charge in [0.25, 0.3) is 5.56 Å². The quantitative estimate of drug-likeness (QED) is 0.872. The predicted molar refractivity (Wildman–Crippen MR) is 91.5 cm³/mol. The molecule has 2 fully saturated rings. The van der Waals surface area contributed by atoms with Crippen LogP contribution < -0.4 is 5.56 Å². The Bertz CT molecular complexity index is 788. The van der Waals surface area contributed by atoms with Gasteiger partial charge in [-0.1, -0.05) is 43.2 Å². The number of carbonyl (C=O) groups is 1. The second-order valence-electron chi connectivity index (χ2n) is 6.75. The number of hydrogen-bond acceptors (Lipinski definition) is 3. The minimum absolute atomic E-state index is 0.00786. The van der Waals surface area contributed by atoms with Crippen LogP contribution in [0.4, 0.5) is 0 Å². The smallest absolute Gasteiger partial charge is 0.267 e. The molecule has 1 aliphatic heterocycles. The Morgan fingerprint density at radius 3 is 2.42 bits per heavy atom. The number of carbonyl (C=O) groups excluding carboxylic acids is 1. The summed E-state index contributed by atoms with van der Waals surface area (Å²) in [6, 6.07) is 13.1. The van der Waals surface area contributed by atoms with E-state index in [9.17, 15) is 9.59 Å². The van der Waals surface area contributed by atoms with Crippen molar-refractivity contribution >= 4 is 5.91 Å². The van der Waals surface area contributed by atoms with Gasteiger partial charge in [0.05, 0.1) is 11.7 Å². The van der Waals surface area contributed by atoms with E-state index >= 15 is 0 Å². The van der Waals surface area contributed by atoms with Crippen molar-refractivity contribution in [2.45, 2.75) is 31.7 Å². The third-order valence-electron chi connectivity index (χ3n) is 5.12. The molecule has 2 aromatic rings. The lowest BCUT2D eigenvalue weighted by Crippen LogP contribution is -2.54. The number of aromatic nitrogens is 2. The molecule has 0 atom stereocenters. The summed E-state index contributed by atoms with van der Waals surface area (Å²) in [6.07, 6.45) is 4.35. The number of likely N-dealkylation sites (tertiary alicyclic amines) is 1. The summed E-state index contributed by atoms with van der Waals surface area (Å²) >= 11 is 0. The monoisotopic (exact) mass is 323 g/mol. The molecule has 4 rings (SSSR count). The molecule has 0 radical (unpaired) electrons. The summed E-state index contributed by atoms with van der Waals surface area (Å²) in [6.45, 7) is 1.20. The first-order chi connectivity index (χ1) is 11.7. The molecule has 1 saturated carbocycles. The summed E-state index contributed by atoms with van der Waals surface area (Å²) in [7, 11) is 0. The van der Waals surface area contributed by atoms with Gasteiger partial charge in [0.1, 0.15) is 0 Å². The summed E-state index contributed by atoms with van der Waals surface area (Å²) in [5.41, 5.74) is 1.67. The minimum atomic E-state index is -0.104. The van der Waals surface area contributed by atoms with E-state index < -0.39 is 0 Å². The Morgan fingerprint density at radius 2 is 1.71 bits per heavy atom. The van der Waals surface area contributed by atoms with Gasteiger partial charge in [-0.05, 0) is 18.9 Å². The molecule has 0 spiro atoms. The first-order valence-electron chi connectivity index (χ1n) is 8.66. The van der Waals surface area contributed by atoms with Crippen LogP contribution in [0.1, 0.15) is 31.7 Å². The van der Waals surface area contributed by atoms with Crippen LogP contribution in [0.3, 0.4) is 0 Å². The minimum Gasteiger partial charge on any atom is -0.338 e. The first kappa shape index (κ1) is 15.1. The molecule has 24 heavy (non-hydrogen) atoms. The maximum absolute atomic E-state index is 12.4. The number of benzene rings is 1.